The van der Waals surface area contributed by atoms with Crippen LogP contribution in [0.1, 0.15) is 37.2 Å². The number of hydrogen-bond donors (Lipinski definition) is 2. The molecular formula is C18H23N5O2. The molecule has 0 radical (unpaired) electrons. The van der Waals surface area contributed by atoms with Gasteiger partial charge in [0.05, 0.1) is 12.4 Å². The minimum absolute atomic E-state index is 0.115. The second-order valence-electron chi connectivity index (χ2n) is 5.75. The van der Waals surface area contributed by atoms with Crippen LogP contribution in [0.3, 0.4) is 0 Å². The lowest BCUT2D eigenvalue weighted by atomic mass is 10.2. The number of nitrogens with zero attached hydrogens (tertiary/aromatic N) is 3. The van der Waals surface area contributed by atoms with Gasteiger partial charge in [0, 0.05) is 31.9 Å². The number of carbonyl (C=O) groups is 2. The highest BCUT2D eigenvalue weighted by molar-refractivity contribution is 5.92. The lowest BCUT2D eigenvalue weighted by molar-refractivity contribution is -0.114. The lowest BCUT2D eigenvalue weighted by Crippen LogP contribution is -2.28. The number of nitrogens with one attached hydrogen (secondary N) is 2. The molecule has 0 fully saturated rings. The highest BCUT2D eigenvalue weighted by Gasteiger charge is 2.13. The Bertz CT molecular complexity index is 713. The van der Waals surface area contributed by atoms with Gasteiger partial charge in [0.15, 0.2) is 0 Å². The largest absolute Gasteiger partial charge is 0.340 e. The van der Waals surface area contributed by atoms with Crippen molar-refractivity contribution in [3.05, 3.63) is 42.4 Å². The minimum atomic E-state index is -0.132. The van der Waals surface area contributed by atoms with Gasteiger partial charge < -0.3 is 15.5 Å². The number of aromatic nitrogens is 2. The van der Waals surface area contributed by atoms with Crippen LogP contribution in [0.5, 0.6) is 0 Å². The van der Waals surface area contributed by atoms with E-state index in [0.717, 1.165) is 24.2 Å². The van der Waals surface area contributed by atoms with Crippen LogP contribution in [-0.4, -0.2) is 40.3 Å². The maximum Gasteiger partial charge on any atom is 0.273 e. The van der Waals surface area contributed by atoms with Crippen LogP contribution in [0.15, 0.2) is 36.7 Å². The summed E-state index contributed by atoms with van der Waals surface area (Å²) in [7, 11) is 1.77. The van der Waals surface area contributed by atoms with Gasteiger partial charge in [-0.3, -0.25) is 9.59 Å². The Balaban J connectivity index is 1.98. The summed E-state index contributed by atoms with van der Waals surface area (Å²) in [5.41, 5.74) is 1.85. The monoisotopic (exact) mass is 341 g/mol. The van der Waals surface area contributed by atoms with Crippen molar-refractivity contribution in [3.8, 4) is 0 Å². The van der Waals surface area contributed by atoms with Crippen LogP contribution in [0.2, 0.25) is 0 Å². The minimum Gasteiger partial charge on any atom is -0.340 e. The summed E-state index contributed by atoms with van der Waals surface area (Å²) in [6, 6.07) is 7.23. The molecule has 1 aromatic heterocycles. The molecule has 2 aromatic rings. The zero-order chi connectivity index (χ0) is 18.2. The molecule has 0 aliphatic carbocycles. The number of carbonyl (C=O) groups excluding carboxylic acids is 2. The molecule has 0 spiro atoms. The fraction of sp³-hybridized carbons (Fsp3) is 0.333. The summed E-state index contributed by atoms with van der Waals surface area (Å²) in [5, 5.41) is 5.81. The van der Waals surface area contributed by atoms with Gasteiger partial charge >= 0.3 is 0 Å². The molecule has 1 aromatic carbocycles. The summed E-state index contributed by atoms with van der Waals surface area (Å²) in [6.45, 7) is 4.25. The second kappa shape index (κ2) is 8.77. The van der Waals surface area contributed by atoms with Crippen molar-refractivity contribution >= 4 is 29.0 Å². The Labute approximate surface area is 147 Å². The fourth-order valence-corrected chi connectivity index (χ4v) is 2.18. The van der Waals surface area contributed by atoms with Gasteiger partial charge in [-0.2, -0.15) is 0 Å². The van der Waals surface area contributed by atoms with E-state index in [-0.39, 0.29) is 11.8 Å². The number of amides is 2. The SMILES string of the molecule is CCCCN(C)C(=O)c1cnc(Nc2ccc(NC(C)=O)cc2)cn1. The first-order valence-electron chi connectivity index (χ1n) is 8.21. The Hall–Kier alpha value is -2.96. The van der Waals surface area contributed by atoms with Gasteiger partial charge in [0.2, 0.25) is 5.91 Å². The van der Waals surface area contributed by atoms with Gasteiger partial charge in [-0.25, -0.2) is 9.97 Å². The van der Waals surface area contributed by atoms with E-state index < -0.39 is 0 Å². The van der Waals surface area contributed by atoms with E-state index in [1.807, 2.05) is 12.1 Å². The number of benzene rings is 1. The number of rotatable bonds is 7. The van der Waals surface area contributed by atoms with Crippen molar-refractivity contribution in [2.75, 3.05) is 24.2 Å². The molecule has 132 valence electrons. The Morgan fingerprint density at radius 2 is 1.76 bits per heavy atom. The molecule has 2 rings (SSSR count). The normalized spacial score (nSPS) is 10.2. The maximum atomic E-state index is 12.2. The molecule has 2 N–H and O–H groups in total. The van der Waals surface area contributed by atoms with Gasteiger partial charge in [-0.05, 0) is 30.7 Å². The van der Waals surface area contributed by atoms with Gasteiger partial charge in [0.25, 0.3) is 5.91 Å². The van der Waals surface area contributed by atoms with E-state index in [9.17, 15) is 9.59 Å². The third-order valence-corrected chi connectivity index (χ3v) is 3.54. The van der Waals surface area contributed by atoms with Crippen molar-refractivity contribution in [2.24, 2.45) is 0 Å². The molecule has 25 heavy (non-hydrogen) atoms. The molecule has 0 saturated heterocycles. The second-order valence-corrected chi connectivity index (χ2v) is 5.75. The Morgan fingerprint density at radius 3 is 2.32 bits per heavy atom. The summed E-state index contributed by atoms with van der Waals surface area (Å²) >= 11 is 0. The third kappa shape index (κ3) is 5.56. The number of unbranched alkanes of at least 4 members (excludes halogenated alkanes) is 1. The smallest absolute Gasteiger partial charge is 0.273 e. The molecule has 0 unspecified atom stereocenters. The summed E-state index contributed by atoms with van der Waals surface area (Å²) in [6.07, 6.45) is 5.00. The Kier molecular flexibility index (Phi) is 6.45. The first-order valence-corrected chi connectivity index (χ1v) is 8.21. The topological polar surface area (TPSA) is 87.2 Å². The highest BCUT2D eigenvalue weighted by Crippen LogP contribution is 2.17. The molecule has 7 nitrogen and oxygen atoms in total. The quantitative estimate of drug-likeness (QED) is 0.808. The van der Waals surface area contributed by atoms with Crippen molar-refractivity contribution in [1.82, 2.24) is 14.9 Å². The number of anilines is 3. The van der Waals surface area contributed by atoms with Crippen LogP contribution in [0.4, 0.5) is 17.2 Å². The zero-order valence-corrected chi connectivity index (χ0v) is 14.7. The molecule has 2 amide bonds. The maximum absolute atomic E-state index is 12.2. The van der Waals surface area contributed by atoms with Crippen LogP contribution in [0, 0.1) is 0 Å². The predicted molar refractivity (Wildman–Crippen MR) is 97.9 cm³/mol. The molecule has 0 saturated carbocycles. The van der Waals surface area contributed by atoms with E-state index in [0.29, 0.717) is 18.1 Å². The molecule has 1 heterocycles. The van der Waals surface area contributed by atoms with Crippen molar-refractivity contribution in [1.29, 1.82) is 0 Å². The van der Waals surface area contributed by atoms with Crippen LogP contribution < -0.4 is 10.6 Å². The Morgan fingerprint density at radius 1 is 1.08 bits per heavy atom. The van der Waals surface area contributed by atoms with Gasteiger partial charge in [0.1, 0.15) is 11.5 Å². The fourth-order valence-electron chi connectivity index (χ4n) is 2.18. The van der Waals surface area contributed by atoms with Crippen LogP contribution >= 0.6 is 0 Å². The summed E-state index contributed by atoms with van der Waals surface area (Å²) < 4.78 is 0. The van der Waals surface area contributed by atoms with E-state index in [4.69, 9.17) is 0 Å². The van der Waals surface area contributed by atoms with E-state index in [1.165, 1.54) is 19.3 Å². The number of hydrogen-bond acceptors (Lipinski definition) is 5. The average Bonchev–Trinajstić information content (AvgIpc) is 2.61. The van der Waals surface area contributed by atoms with Crippen molar-refractivity contribution in [3.63, 3.8) is 0 Å². The standard InChI is InChI=1S/C18H23N5O2/c1-4-5-10-23(3)18(25)16-11-20-17(12-19-16)22-15-8-6-14(7-9-15)21-13(2)24/h6-9,11-12H,4-5,10H2,1-3H3,(H,20,22)(H,21,24). The molecule has 0 aliphatic heterocycles. The van der Waals surface area contributed by atoms with Gasteiger partial charge in [-0.15, -0.1) is 0 Å². The van der Waals surface area contributed by atoms with E-state index >= 15 is 0 Å². The van der Waals surface area contributed by atoms with E-state index in [2.05, 4.69) is 27.5 Å². The molecule has 0 bridgehead atoms. The zero-order valence-electron chi connectivity index (χ0n) is 14.7. The molecule has 0 aliphatic rings. The summed E-state index contributed by atoms with van der Waals surface area (Å²) in [5.74, 6) is 0.294. The lowest BCUT2D eigenvalue weighted by Gasteiger charge is -2.16. The third-order valence-electron chi connectivity index (χ3n) is 3.54. The summed E-state index contributed by atoms with van der Waals surface area (Å²) in [4.78, 5) is 33.3. The van der Waals surface area contributed by atoms with Crippen molar-refractivity contribution < 1.29 is 9.59 Å². The van der Waals surface area contributed by atoms with E-state index in [1.54, 1.807) is 24.1 Å². The first-order chi connectivity index (χ1) is 12.0. The molecular weight excluding hydrogens is 318 g/mol. The van der Waals surface area contributed by atoms with Gasteiger partial charge in [-0.1, -0.05) is 13.3 Å². The van der Waals surface area contributed by atoms with Crippen LogP contribution in [0.25, 0.3) is 0 Å². The average molecular weight is 341 g/mol. The molecule has 0 atom stereocenters. The van der Waals surface area contributed by atoms with Crippen LogP contribution in [-0.2, 0) is 4.79 Å². The molecule has 7 heteroatoms. The van der Waals surface area contributed by atoms with Crippen molar-refractivity contribution in [2.45, 2.75) is 26.7 Å². The predicted octanol–water partition coefficient (Wildman–Crippen LogP) is 3.05. The highest BCUT2D eigenvalue weighted by atomic mass is 16.2. The first kappa shape index (κ1) is 18.4.